The van der Waals surface area contributed by atoms with Gasteiger partial charge in [-0.3, -0.25) is 14.4 Å². The summed E-state index contributed by atoms with van der Waals surface area (Å²) < 4.78 is 1.87. The first-order valence-corrected chi connectivity index (χ1v) is 9.74. The minimum absolute atomic E-state index is 0.0817. The molecule has 1 aliphatic carbocycles. The maximum absolute atomic E-state index is 12.5. The Morgan fingerprint density at radius 1 is 1.38 bits per heavy atom. The average Bonchev–Trinajstić information content (AvgIpc) is 3.05. The fourth-order valence-electron chi connectivity index (χ4n) is 3.56. The molecule has 26 heavy (non-hydrogen) atoms. The highest BCUT2D eigenvalue weighted by molar-refractivity contribution is 7.16. The van der Waals surface area contributed by atoms with Crippen molar-refractivity contribution in [1.29, 1.82) is 5.26 Å². The molecule has 138 valence electrons. The molecule has 6 nitrogen and oxygen atoms in total. The number of hydrogen-bond acceptors (Lipinski definition) is 5. The molecule has 1 aliphatic rings. The van der Waals surface area contributed by atoms with Gasteiger partial charge in [0.1, 0.15) is 11.1 Å². The van der Waals surface area contributed by atoms with E-state index in [4.69, 9.17) is 0 Å². The summed E-state index contributed by atoms with van der Waals surface area (Å²) in [6, 6.07) is 2.29. The summed E-state index contributed by atoms with van der Waals surface area (Å²) in [5.74, 6) is -0.0817. The number of fused-ring (bicyclic) bond motifs is 1. The Morgan fingerprint density at radius 3 is 2.77 bits per heavy atom. The first kappa shape index (κ1) is 18.6. The van der Waals surface area contributed by atoms with Gasteiger partial charge in [-0.15, -0.1) is 11.3 Å². The van der Waals surface area contributed by atoms with Crippen LogP contribution >= 0.6 is 11.3 Å². The molecule has 0 atom stereocenters. The van der Waals surface area contributed by atoms with Crippen molar-refractivity contribution >= 4 is 22.2 Å². The normalized spacial score (nSPS) is 13.5. The van der Waals surface area contributed by atoms with Crippen LogP contribution in [0.5, 0.6) is 0 Å². The van der Waals surface area contributed by atoms with Crippen LogP contribution in [-0.4, -0.2) is 34.2 Å². The summed E-state index contributed by atoms with van der Waals surface area (Å²) in [6.45, 7) is 4.98. The maximum atomic E-state index is 12.5. The molecular weight excluding hydrogens is 346 g/mol. The number of likely N-dealkylation sites (N-methyl/N-ethyl adjacent to an activating group) is 1. The van der Waals surface area contributed by atoms with Gasteiger partial charge in [-0.1, -0.05) is 0 Å². The zero-order chi connectivity index (χ0) is 18.8. The Kier molecular flexibility index (Phi) is 5.44. The van der Waals surface area contributed by atoms with Crippen molar-refractivity contribution in [2.45, 2.75) is 46.1 Å². The molecule has 0 bridgehead atoms. The third-order valence-electron chi connectivity index (χ3n) is 5.04. The molecule has 0 fully saturated rings. The lowest BCUT2D eigenvalue weighted by Gasteiger charge is -2.16. The zero-order valence-corrected chi connectivity index (χ0v) is 16.7. The third kappa shape index (κ3) is 3.67. The number of thiophene rings is 1. The topological polar surface area (TPSA) is 74.0 Å². The number of rotatable bonds is 5. The van der Waals surface area contributed by atoms with Crippen molar-refractivity contribution in [2.75, 3.05) is 18.9 Å². The van der Waals surface area contributed by atoms with E-state index < -0.39 is 0 Å². The van der Waals surface area contributed by atoms with E-state index in [1.807, 2.05) is 37.5 Å². The van der Waals surface area contributed by atoms with Crippen LogP contribution < -0.4 is 5.32 Å². The van der Waals surface area contributed by atoms with E-state index in [1.165, 1.54) is 4.88 Å². The lowest BCUT2D eigenvalue weighted by atomic mass is 9.96. The summed E-state index contributed by atoms with van der Waals surface area (Å²) >= 11 is 1.57. The fourth-order valence-corrected chi connectivity index (χ4v) is 4.81. The molecule has 0 saturated heterocycles. The van der Waals surface area contributed by atoms with Crippen LogP contribution in [0.4, 0.5) is 5.00 Å². The molecule has 3 rings (SSSR count). The van der Waals surface area contributed by atoms with Gasteiger partial charge in [0.05, 0.1) is 17.8 Å². The van der Waals surface area contributed by atoms with Gasteiger partial charge in [0.2, 0.25) is 5.91 Å². The van der Waals surface area contributed by atoms with Gasteiger partial charge >= 0.3 is 0 Å². The number of carbonyl (C=O) groups excluding carboxylic acids is 1. The van der Waals surface area contributed by atoms with Gasteiger partial charge in [-0.05, 0) is 52.1 Å². The van der Waals surface area contributed by atoms with Gasteiger partial charge in [0.15, 0.2) is 0 Å². The smallest absolute Gasteiger partial charge is 0.239 e. The Balaban J connectivity index is 1.66. The SMILES string of the molecule is Cc1nn(C)c(C)c1CN(C)CC(=O)Nc1sc2c(c1C#N)CCCC2. The van der Waals surface area contributed by atoms with E-state index in [9.17, 15) is 10.1 Å². The number of nitriles is 1. The van der Waals surface area contributed by atoms with E-state index in [0.717, 1.165) is 48.2 Å². The highest BCUT2D eigenvalue weighted by atomic mass is 32.1. The second-order valence-electron chi connectivity index (χ2n) is 7.02. The molecule has 0 unspecified atom stereocenters. The molecule has 1 N–H and O–H groups in total. The van der Waals surface area contributed by atoms with Crippen molar-refractivity contribution in [3.05, 3.63) is 33.0 Å². The summed E-state index contributed by atoms with van der Waals surface area (Å²) in [5.41, 5.74) is 5.09. The second-order valence-corrected chi connectivity index (χ2v) is 8.13. The summed E-state index contributed by atoms with van der Waals surface area (Å²) in [7, 11) is 3.86. The van der Waals surface area contributed by atoms with E-state index in [1.54, 1.807) is 11.3 Å². The number of nitrogens with one attached hydrogen (secondary N) is 1. The van der Waals surface area contributed by atoms with E-state index in [-0.39, 0.29) is 12.5 Å². The maximum Gasteiger partial charge on any atom is 0.239 e. The van der Waals surface area contributed by atoms with Crippen LogP contribution in [-0.2, 0) is 31.2 Å². The predicted molar refractivity (Wildman–Crippen MR) is 103 cm³/mol. The number of aromatic nitrogens is 2. The minimum Gasteiger partial charge on any atom is -0.315 e. The summed E-state index contributed by atoms with van der Waals surface area (Å²) in [6.07, 6.45) is 4.25. The molecular formula is C19H25N5OS. The number of amides is 1. The van der Waals surface area contributed by atoms with Crippen LogP contribution in [0, 0.1) is 25.2 Å². The molecule has 1 amide bonds. The Hall–Kier alpha value is -2.17. The zero-order valence-electron chi connectivity index (χ0n) is 15.8. The first-order valence-electron chi connectivity index (χ1n) is 8.92. The number of nitrogens with zero attached hydrogens (tertiary/aromatic N) is 4. The number of hydrogen-bond donors (Lipinski definition) is 1. The molecule has 0 radical (unpaired) electrons. The standard InChI is InChI=1S/C19H25N5OS/c1-12-16(13(2)24(4)22-12)10-23(3)11-18(25)21-19-15(9-20)14-7-5-6-8-17(14)26-19/h5-8,10-11H2,1-4H3,(H,21,25). The van der Waals surface area contributed by atoms with E-state index >= 15 is 0 Å². The van der Waals surface area contributed by atoms with Gasteiger partial charge in [-0.2, -0.15) is 10.4 Å². The first-order chi connectivity index (χ1) is 12.4. The highest BCUT2D eigenvalue weighted by Crippen LogP contribution is 2.37. The summed E-state index contributed by atoms with van der Waals surface area (Å²) in [4.78, 5) is 15.7. The molecule has 0 saturated carbocycles. The van der Waals surface area contributed by atoms with E-state index in [2.05, 4.69) is 16.5 Å². The van der Waals surface area contributed by atoms with Crippen LogP contribution in [0.15, 0.2) is 0 Å². The molecule has 7 heteroatoms. The molecule has 0 aliphatic heterocycles. The van der Waals surface area contributed by atoms with Gasteiger partial charge in [0, 0.05) is 29.7 Å². The molecule has 2 heterocycles. The summed E-state index contributed by atoms with van der Waals surface area (Å²) in [5, 5.41) is 17.6. The van der Waals surface area contributed by atoms with Gasteiger partial charge in [-0.25, -0.2) is 0 Å². The lowest BCUT2D eigenvalue weighted by Crippen LogP contribution is -2.30. The monoisotopic (exact) mass is 371 g/mol. The molecule has 2 aromatic heterocycles. The lowest BCUT2D eigenvalue weighted by molar-refractivity contribution is -0.117. The molecule has 0 aromatic carbocycles. The third-order valence-corrected chi connectivity index (χ3v) is 6.24. The van der Waals surface area contributed by atoms with Crippen molar-refractivity contribution in [2.24, 2.45) is 7.05 Å². The fraction of sp³-hybridized carbons (Fsp3) is 0.526. The van der Waals surface area contributed by atoms with Gasteiger partial charge < -0.3 is 5.32 Å². The van der Waals surface area contributed by atoms with Crippen LogP contribution in [0.3, 0.4) is 0 Å². The number of carbonyl (C=O) groups is 1. The quantitative estimate of drug-likeness (QED) is 0.877. The van der Waals surface area contributed by atoms with Gasteiger partial charge in [0.25, 0.3) is 0 Å². The van der Waals surface area contributed by atoms with Crippen molar-refractivity contribution in [1.82, 2.24) is 14.7 Å². The Bertz CT molecular complexity index is 874. The largest absolute Gasteiger partial charge is 0.315 e. The van der Waals surface area contributed by atoms with Crippen molar-refractivity contribution < 1.29 is 4.79 Å². The molecule has 0 spiro atoms. The molecule has 2 aromatic rings. The Labute approximate surface area is 158 Å². The van der Waals surface area contributed by atoms with Crippen molar-refractivity contribution in [3.8, 4) is 6.07 Å². The van der Waals surface area contributed by atoms with Crippen LogP contribution in [0.1, 0.15) is 45.8 Å². The Morgan fingerprint density at radius 2 is 2.12 bits per heavy atom. The van der Waals surface area contributed by atoms with E-state index in [0.29, 0.717) is 17.1 Å². The van der Waals surface area contributed by atoms with Crippen LogP contribution in [0.2, 0.25) is 0 Å². The minimum atomic E-state index is -0.0817. The number of anilines is 1. The number of aryl methyl sites for hydroxylation is 3. The predicted octanol–water partition coefficient (Wildman–Crippen LogP) is 2.92. The van der Waals surface area contributed by atoms with Crippen molar-refractivity contribution in [3.63, 3.8) is 0 Å². The average molecular weight is 372 g/mol. The van der Waals surface area contributed by atoms with Crippen LogP contribution in [0.25, 0.3) is 0 Å². The second kappa shape index (κ2) is 7.60. The highest BCUT2D eigenvalue weighted by Gasteiger charge is 2.22.